The lowest BCUT2D eigenvalue weighted by molar-refractivity contribution is 0.157. The van der Waals surface area contributed by atoms with Crippen LogP contribution in [0, 0.1) is 11.7 Å². The zero-order valence-corrected chi connectivity index (χ0v) is 19.6. The molecular formula is C23H33ClFN5O3. The first-order valence-electron chi connectivity index (χ1n) is 11.3. The van der Waals surface area contributed by atoms with E-state index in [0.29, 0.717) is 40.8 Å². The molecule has 0 bridgehead atoms. The number of aliphatic hydroxyl groups is 2. The molecule has 0 radical (unpaired) electrons. The van der Waals surface area contributed by atoms with E-state index in [2.05, 4.69) is 25.9 Å². The molecule has 2 heterocycles. The van der Waals surface area contributed by atoms with E-state index in [1.165, 1.54) is 6.07 Å². The van der Waals surface area contributed by atoms with Gasteiger partial charge in [-0.05, 0) is 43.9 Å². The lowest BCUT2D eigenvalue weighted by Gasteiger charge is -2.30. The molecule has 0 aliphatic heterocycles. The van der Waals surface area contributed by atoms with Gasteiger partial charge in [0.05, 0.1) is 17.3 Å². The third-order valence-corrected chi connectivity index (χ3v) is 6.17. The van der Waals surface area contributed by atoms with Gasteiger partial charge in [-0.15, -0.1) is 0 Å². The van der Waals surface area contributed by atoms with Crippen molar-refractivity contribution in [2.75, 3.05) is 50.7 Å². The Morgan fingerprint density at radius 3 is 2.61 bits per heavy atom. The standard InChI is InChI=1S/C23H33ClFN5O3/c1-33-9-8-26-16-2-4-17(5-3-16)29-22-10-18(19(24)12-27-22)21-7-6-20(25)23(30-21)28-11-15(13-31)14-32/h6-7,10,12,15-17,26,31-32H,2-5,8-9,11,13-14H2,1H3,(H,27,29)(H,28,30). The van der Waals surface area contributed by atoms with Crippen LogP contribution in [-0.2, 0) is 4.74 Å². The molecule has 10 heteroatoms. The van der Waals surface area contributed by atoms with E-state index >= 15 is 0 Å². The topological polar surface area (TPSA) is 112 Å². The van der Waals surface area contributed by atoms with Crippen LogP contribution >= 0.6 is 11.6 Å². The number of hydrogen-bond donors (Lipinski definition) is 5. The third-order valence-electron chi connectivity index (χ3n) is 5.87. The van der Waals surface area contributed by atoms with Crippen molar-refractivity contribution in [2.45, 2.75) is 37.8 Å². The second-order valence-corrected chi connectivity index (χ2v) is 8.74. The maximum atomic E-state index is 14.2. The summed E-state index contributed by atoms with van der Waals surface area (Å²) in [5.41, 5.74) is 1.15. The fourth-order valence-corrected chi connectivity index (χ4v) is 4.07. The van der Waals surface area contributed by atoms with Crippen molar-refractivity contribution in [1.82, 2.24) is 15.3 Å². The number of aliphatic hydroxyl groups excluding tert-OH is 2. The number of anilines is 2. The van der Waals surface area contributed by atoms with Gasteiger partial charge < -0.3 is 30.9 Å². The molecule has 3 rings (SSSR count). The highest BCUT2D eigenvalue weighted by Crippen LogP contribution is 2.31. The van der Waals surface area contributed by atoms with Gasteiger partial charge in [0.1, 0.15) is 5.82 Å². The number of aromatic nitrogens is 2. The molecule has 2 aromatic rings. The second-order valence-electron chi connectivity index (χ2n) is 8.33. The van der Waals surface area contributed by atoms with E-state index in [4.69, 9.17) is 16.3 Å². The number of methoxy groups -OCH3 is 1. The number of hydrogen-bond acceptors (Lipinski definition) is 8. The lowest BCUT2D eigenvalue weighted by atomic mass is 9.91. The molecular weight excluding hydrogens is 449 g/mol. The van der Waals surface area contributed by atoms with Crippen molar-refractivity contribution >= 4 is 23.2 Å². The van der Waals surface area contributed by atoms with Crippen LogP contribution in [0.3, 0.4) is 0 Å². The van der Waals surface area contributed by atoms with Crippen LogP contribution in [0.2, 0.25) is 5.02 Å². The van der Waals surface area contributed by atoms with Gasteiger partial charge in [-0.1, -0.05) is 11.6 Å². The molecule has 1 fully saturated rings. The van der Waals surface area contributed by atoms with Gasteiger partial charge in [0.2, 0.25) is 0 Å². The average Bonchev–Trinajstić information content (AvgIpc) is 2.83. The van der Waals surface area contributed by atoms with Gasteiger partial charge in [-0.2, -0.15) is 0 Å². The van der Waals surface area contributed by atoms with Crippen LogP contribution in [0.5, 0.6) is 0 Å². The highest BCUT2D eigenvalue weighted by Gasteiger charge is 2.21. The van der Waals surface area contributed by atoms with Crippen molar-refractivity contribution in [1.29, 1.82) is 0 Å². The molecule has 33 heavy (non-hydrogen) atoms. The Kier molecular flexibility index (Phi) is 10.1. The fraction of sp³-hybridized carbons (Fsp3) is 0.565. The van der Waals surface area contributed by atoms with E-state index in [9.17, 15) is 14.6 Å². The van der Waals surface area contributed by atoms with Gasteiger partial charge in [-0.3, -0.25) is 0 Å². The summed E-state index contributed by atoms with van der Waals surface area (Å²) in [4.78, 5) is 8.78. The summed E-state index contributed by atoms with van der Waals surface area (Å²) in [5, 5.41) is 28.7. The number of ether oxygens (including phenoxy) is 1. The molecule has 0 saturated heterocycles. The summed E-state index contributed by atoms with van der Waals surface area (Å²) in [5.74, 6) is -0.180. The minimum atomic E-state index is -0.521. The Morgan fingerprint density at radius 1 is 1.18 bits per heavy atom. The van der Waals surface area contributed by atoms with Crippen LogP contribution in [-0.4, -0.2) is 72.3 Å². The van der Waals surface area contributed by atoms with Crippen LogP contribution in [0.4, 0.5) is 16.0 Å². The van der Waals surface area contributed by atoms with Crippen molar-refractivity contribution < 1.29 is 19.3 Å². The second kappa shape index (κ2) is 13.0. The largest absolute Gasteiger partial charge is 0.396 e. The predicted molar refractivity (Wildman–Crippen MR) is 128 cm³/mol. The van der Waals surface area contributed by atoms with Gasteiger partial charge in [0.25, 0.3) is 0 Å². The molecule has 1 aliphatic carbocycles. The minimum Gasteiger partial charge on any atom is -0.396 e. The van der Waals surface area contributed by atoms with Crippen LogP contribution in [0.1, 0.15) is 25.7 Å². The van der Waals surface area contributed by atoms with Crippen molar-refractivity contribution in [3.8, 4) is 11.3 Å². The van der Waals surface area contributed by atoms with Gasteiger partial charge >= 0.3 is 0 Å². The van der Waals surface area contributed by atoms with E-state index in [-0.39, 0.29) is 25.6 Å². The number of halogens is 2. The summed E-state index contributed by atoms with van der Waals surface area (Å²) in [7, 11) is 1.71. The maximum absolute atomic E-state index is 14.2. The quantitative estimate of drug-likeness (QED) is 0.294. The monoisotopic (exact) mass is 481 g/mol. The third kappa shape index (κ3) is 7.48. The predicted octanol–water partition coefficient (Wildman–Crippen LogP) is 2.91. The summed E-state index contributed by atoms with van der Waals surface area (Å²) in [6.45, 7) is 1.36. The lowest BCUT2D eigenvalue weighted by Crippen LogP contribution is -2.38. The molecule has 5 N–H and O–H groups in total. The minimum absolute atomic E-state index is 0.0427. The highest BCUT2D eigenvalue weighted by molar-refractivity contribution is 6.33. The molecule has 182 valence electrons. The average molecular weight is 482 g/mol. The van der Waals surface area contributed by atoms with E-state index in [1.54, 1.807) is 19.4 Å². The summed E-state index contributed by atoms with van der Waals surface area (Å²) < 4.78 is 19.3. The van der Waals surface area contributed by atoms with Crippen molar-refractivity contribution in [3.63, 3.8) is 0 Å². The molecule has 0 aromatic carbocycles. The van der Waals surface area contributed by atoms with Gasteiger partial charge in [0, 0.05) is 63.2 Å². The van der Waals surface area contributed by atoms with Gasteiger partial charge in [0.15, 0.2) is 11.6 Å². The van der Waals surface area contributed by atoms with Crippen molar-refractivity contribution in [2.24, 2.45) is 5.92 Å². The number of pyridine rings is 2. The summed E-state index contributed by atoms with van der Waals surface area (Å²) in [6.07, 6.45) is 5.80. The number of nitrogens with zero attached hydrogens (tertiary/aromatic N) is 2. The smallest absolute Gasteiger partial charge is 0.165 e. The van der Waals surface area contributed by atoms with Crippen molar-refractivity contribution in [3.05, 3.63) is 35.2 Å². The van der Waals surface area contributed by atoms with E-state index in [1.807, 2.05) is 6.07 Å². The molecule has 0 unspecified atom stereocenters. The van der Waals surface area contributed by atoms with Gasteiger partial charge in [-0.25, -0.2) is 14.4 Å². The summed E-state index contributed by atoms with van der Waals surface area (Å²) >= 11 is 6.39. The molecule has 2 aromatic heterocycles. The number of rotatable bonds is 12. The van der Waals surface area contributed by atoms with Crippen LogP contribution in [0.15, 0.2) is 24.4 Å². The Labute approximate surface area is 198 Å². The highest BCUT2D eigenvalue weighted by atomic mass is 35.5. The SMILES string of the molecule is COCCNC1CCC(Nc2cc(-c3ccc(F)c(NCC(CO)CO)n3)c(Cl)cn2)CC1. The Hall–Kier alpha value is -2.04. The molecule has 0 amide bonds. The first-order valence-corrected chi connectivity index (χ1v) is 11.7. The fourth-order valence-electron chi connectivity index (χ4n) is 3.87. The molecule has 1 saturated carbocycles. The van der Waals surface area contributed by atoms with Crippen LogP contribution in [0.25, 0.3) is 11.3 Å². The maximum Gasteiger partial charge on any atom is 0.165 e. The molecule has 1 aliphatic rings. The molecule has 0 atom stereocenters. The normalized spacial score (nSPS) is 18.5. The zero-order valence-electron chi connectivity index (χ0n) is 18.9. The first-order chi connectivity index (χ1) is 16.0. The number of nitrogens with one attached hydrogen (secondary N) is 3. The zero-order chi connectivity index (χ0) is 23.6. The Morgan fingerprint density at radius 2 is 1.91 bits per heavy atom. The summed E-state index contributed by atoms with van der Waals surface area (Å²) in [6, 6.07) is 5.55. The Balaban J connectivity index is 1.65. The first kappa shape index (κ1) is 25.6. The van der Waals surface area contributed by atoms with Crippen LogP contribution < -0.4 is 16.0 Å². The molecule has 8 nitrogen and oxygen atoms in total. The van der Waals surface area contributed by atoms with E-state index < -0.39 is 11.7 Å². The Bertz CT molecular complexity index is 879. The van der Waals surface area contributed by atoms with E-state index in [0.717, 1.165) is 32.2 Å². The molecule has 0 spiro atoms.